The number of amides is 1. The molecule has 5 rings (SSSR count). The van der Waals surface area contributed by atoms with Gasteiger partial charge in [-0.05, 0) is 18.1 Å². The Morgan fingerprint density at radius 1 is 1.12 bits per heavy atom. The van der Waals surface area contributed by atoms with E-state index in [1.165, 1.54) is 0 Å². The first-order chi connectivity index (χ1) is 15.8. The molecule has 2 aromatic carbocycles. The SMILES string of the molecule is C[C@@]1(Cn2ccnn2)S[C@@H]2N(C(=O)C2(Br)Br)[C@H]1C(=O)OC(c1ccccc1)c1ccccc1. The van der Waals surface area contributed by atoms with E-state index in [4.69, 9.17) is 4.74 Å². The number of carbonyl (C=O) groups excluding carboxylic acids is 2. The van der Waals surface area contributed by atoms with Gasteiger partial charge in [-0.25, -0.2) is 4.79 Å². The number of β-lactam (4-membered cyclic amide) rings is 1. The van der Waals surface area contributed by atoms with E-state index in [1.54, 1.807) is 33.7 Å². The molecule has 2 aliphatic heterocycles. The van der Waals surface area contributed by atoms with Gasteiger partial charge < -0.3 is 9.64 Å². The van der Waals surface area contributed by atoms with Gasteiger partial charge in [0.2, 0.25) is 0 Å². The molecule has 0 saturated carbocycles. The molecule has 170 valence electrons. The summed E-state index contributed by atoms with van der Waals surface area (Å²) in [6.45, 7) is 2.36. The Balaban J connectivity index is 1.49. The summed E-state index contributed by atoms with van der Waals surface area (Å²) in [6, 6.07) is 18.4. The summed E-state index contributed by atoms with van der Waals surface area (Å²) in [5.41, 5.74) is 1.73. The highest BCUT2D eigenvalue weighted by Crippen LogP contribution is 2.61. The predicted octanol–water partition coefficient (Wildman–Crippen LogP) is 4.14. The summed E-state index contributed by atoms with van der Waals surface area (Å²) in [4.78, 5) is 28.4. The first-order valence-electron chi connectivity index (χ1n) is 10.3. The van der Waals surface area contributed by atoms with E-state index in [1.807, 2.05) is 67.6 Å². The molecule has 1 amide bonds. The lowest BCUT2D eigenvalue weighted by Crippen LogP contribution is -2.68. The molecule has 0 aliphatic carbocycles. The zero-order valence-corrected chi connectivity index (χ0v) is 21.5. The van der Waals surface area contributed by atoms with E-state index in [2.05, 4.69) is 42.2 Å². The van der Waals surface area contributed by atoms with Crippen molar-refractivity contribution in [3.8, 4) is 0 Å². The van der Waals surface area contributed by atoms with Crippen molar-refractivity contribution in [3.63, 3.8) is 0 Å². The molecule has 3 aromatic rings. The highest BCUT2D eigenvalue weighted by atomic mass is 79.9. The maximum Gasteiger partial charge on any atom is 0.331 e. The molecule has 0 N–H and O–H groups in total. The van der Waals surface area contributed by atoms with Crippen LogP contribution in [0.2, 0.25) is 0 Å². The molecule has 7 nitrogen and oxygen atoms in total. The van der Waals surface area contributed by atoms with Crippen LogP contribution in [-0.4, -0.2) is 51.2 Å². The van der Waals surface area contributed by atoms with Crippen LogP contribution in [0.5, 0.6) is 0 Å². The number of hydrogen-bond donors (Lipinski definition) is 0. The van der Waals surface area contributed by atoms with Crippen LogP contribution < -0.4 is 0 Å². The number of fused-ring (bicyclic) bond motifs is 1. The number of aromatic nitrogens is 3. The number of esters is 1. The second-order valence-corrected chi connectivity index (χ2v) is 13.4. The van der Waals surface area contributed by atoms with E-state index in [0.717, 1.165) is 11.1 Å². The van der Waals surface area contributed by atoms with Crippen molar-refractivity contribution in [1.82, 2.24) is 19.9 Å². The second kappa shape index (κ2) is 8.56. The summed E-state index contributed by atoms with van der Waals surface area (Å²) in [7, 11) is 0. The molecular formula is C23H20Br2N4O3S. The molecule has 10 heteroatoms. The van der Waals surface area contributed by atoms with Gasteiger partial charge in [0.25, 0.3) is 5.91 Å². The molecule has 0 unspecified atom stereocenters. The van der Waals surface area contributed by atoms with Crippen molar-refractivity contribution >= 4 is 55.5 Å². The standard InChI is InChI=1S/C23H20Br2N4O3S/c1-22(14-28-13-12-26-27-28)18(29-20(31)23(24,25)21(29)33-22)19(30)32-17(15-8-4-2-5-9-15)16-10-6-3-7-11-16/h2-13,17-18,21H,14H2,1H3/t18-,21-,22-/m0/s1. The lowest BCUT2D eigenvalue weighted by atomic mass is 9.95. The maximum absolute atomic E-state index is 13.8. The minimum atomic E-state index is -0.901. The van der Waals surface area contributed by atoms with Gasteiger partial charge in [0, 0.05) is 6.20 Å². The lowest BCUT2D eigenvalue weighted by molar-refractivity contribution is -0.164. The quantitative estimate of drug-likeness (QED) is 0.244. The first kappa shape index (κ1) is 22.6. The van der Waals surface area contributed by atoms with Crippen molar-refractivity contribution in [2.24, 2.45) is 0 Å². The number of thioether (sulfide) groups is 1. The van der Waals surface area contributed by atoms with Crippen molar-refractivity contribution < 1.29 is 14.3 Å². The third kappa shape index (κ3) is 3.91. The summed E-state index contributed by atoms with van der Waals surface area (Å²) in [6.07, 6.45) is 2.75. The van der Waals surface area contributed by atoms with Gasteiger partial charge in [-0.1, -0.05) is 97.7 Å². The molecule has 3 heterocycles. The fraction of sp³-hybridized carbons (Fsp3) is 0.304. The Kier molecular flexibility index (Phi) is 5.86. The van der Waals surface area contributed by atoms with E-state index in [9.17, 15) is 9.59 Å². The van der Waals surface area contributed by atoms with Gasteiger partial charge in [-0.15, -0.1) is 16.9 Å². The number of benzene rings is 2. The number of carbonyl (C=O) groups is 2. The van der Waals surface area contributed by atoms with Gasteiger partial charge in [-0.3, -0.25) is 9.48 Å². The van der Waals surface area contributed by atoms with E-state index in [-0.39, 0.29) is 11.3 Å². The normalized spacial score (nSPS) is 25.6. The van der Waals surface area contributed by atoms with Crippen LogP contribution in [-0.2, 0) is 20.9 Å². The molecular weight excluding hydrogens is 572 g/mol. The molecule has 0 spiro atoms. The fourth-order valence-corrected chi connectivity index (χ4v) is 7.43. The monoisotopic (exact) mass is 590 g/mol. The van der Waals surface area contributed by atoms with Crippen molar-refractivity contribution in [2.45, 2.75) is 39.0 Å². The van der Waals surface area contributed by atoms with Crippen LogP contribution in [0.4, 0.5) is 0 Å². The van der Waals surface area contributed by atoms with Crippen molar-refractivity contribution in [2.75, 3.05) is 0 Å². The smallest absolute Gasteiger partial charge is 0.331 e. The molecule has 33 heavy (non-hydrogen) atoms. The van der Waals surface area contributed by atoms with Crippen LogP contribution in [0, 0.1) is 0 Å². The number of nitrogens with zero attached hydrogens (tertiary/aromatic N) is 4. The molecule has 2 saturated heterocycles. The van der Waals surface area contributed by atoms with Crippen LogP contribution in [0.25, 0.3) is 0 Å². The van der Waals surface area contributed by atoms with E-state index in [0.29, 0.717) is 6.54 Å². The number of halogens is 2. The van der Waals surface area contributed by atoms with Crippen LogP contribution >= 0.6 is 43.6 Å². The predicted molar refractivity (Wildman–Crippen MR) is 132 cm³/mol. The average Bonchev–Trinajstić information content (AvgIpc) is 3.43. The van der Waals surface area contributed by atoms with Crippen LogP contribution in [0.3, 0.4) is 0 Å². The third-order valence-electron chi connectivity index (χ3n) is 5.93. The number of ether oxygens (including phenoxy) is 1. The zero-order valence-electron chi connectivity index (χ0n) is 17.5. The topological polar surface area (TPSA) is 77.3 Å². The molecule has 2 aliphatic rings. The molecule has 0 radical (unpaired) electrons. The Hall–Kier alpha value is -2.17. The Labute approximate surface area is 212 Å². The Morgan fingerprint density at radius 2 is 1.73 bits per heavy atom. The molecule has 2 fully saturated rings. The molecule has 0 bridgehead atoms. The largest absolute Gasteiger partial charge is 0.451 e. The highest BCUT2D eigenvalue weighted by molar-refractivity contribution is 9.26. The van der Waals surface area contributed by atoms with Crippen molar-refractivity contribution in [1.29, 1.82) is 0 Å². The summed E-state index contributed by atoms with van der Waals surface area (Å²) in [5, 5.41) is 7.69. The van der Waals surface area contributed by atoms with E-state index >= 15 is 0 Å². The zero-order chi connectivity index (χ0) is 23.2. The minimum Gasteiger partial charge on any atom is -0.451 e. The van der Waals surface area contributed by atoms with Gasteiger partial charge in [0.15, 0.2) is 9.34 Å². The summed E-state index contributed by atoms with van der Waals surface area (Å²) < 4.78 is 6.27. The van der Waals surface area contributed by atoms with Crippen molar-refractivity contribution in [3.05, 3.63) is 84.2 Å². The Morgan fingerprint density at radius 3 is 2.27 bits per heavy atom. The number of hydrogen-bond acceptors (Lipinski definition) is 6. The Bertz CT molecular complexity index is 1120. The van der Waals surface area contributed by atoms with Gasteiger partial charge in [0.05, 0.1) is 17.5 Å². The summed E-state index contributed by atoms with van der Waals surface area (Å²) >= 11 is 8.52. The van der Waals surface area contributed by atoms with Gasteiger partial charge in [0.1, 0.15) is 11.4 Å². The number of alkyl halides is 2. The average molecular weight is 592 g/mol. The van der Waals surface area contributed by atoms with Crippen LogP contribution in [0.15, 0.2) is 73.1 Å². The lowest BCUT2D eigenvalue weighted by Gasteiger charge is -2.46. The first-order valence-corrected chi connectivity index (χ1v) is 12.8. The third-order valence-corrected chi connectivity index (χ3v) is 9.78. The minimum absolute atomic E-state index is 0.194. The fourth-order valence-electron chi connectivity index (χ4n) is 4.38. The summed E-state index contributed by atoms with van der Waals surface area (Å²) in [5.74, 6) is -0.644. The molecule has 3 atom stereocenters. The maximum atomic E-state index is 13.8. The van der Waals surface area contributed by atoms with Crippen LogP contribution in [0.1, 0.15) is 24.2 Å². The molecule has 1 aromatic heterocycles. The number of rotatable bonds is 6. The van der Waals surface area contributed by atoms with Gasteiger partial charge in [-0.2, -0.15) is 0 Å². The van der Waals surface area contributed by atoms with E-state index < -0.39 is 26.1 Å². The second-order valence-electron chi connectivity index (χ2n) is 8.26. The van der Waals surface area contributed by atoms with Gasteiger partial charge >= 0.3 is 5.97 Å². The highest BCUT2D eigenvalue weighted by Gasteiger charge is 2.71.